The van der Waals surface area contributed by atoms with Crippen LogP contribution in [0, 0.1) is 5.82 Å². The average molecular weight is 387 g/mol. The van der Waals surface area contributed by atoms with Gasteiger partial charge in [0.2, 0.25) is 6.79 Å². The lowest BCUT2D eigenvalue weighted by atomic mass is 10.1. The maximum Gasteiger partial charge on any atom is 0.273 e. The van der Waals surface area contributed by atoms with Gasteiger partial charge in [-0.05, 0) is 48.0 Å². The van der Waals surface area contributed by atoms with Gasteiger partial charge in [0.1, 0.15) is 5.82 Å². The molecule has 5 nitrogen and oxygen atoms in total. The number of thioether (sulfide) groups is 1. The molecule has 0 unspecified atom stereocenters. The second-order valence-electron chi connectivity index (χ2n) is 5.44. The SMILES string of the molecule is O=C1C(=Cc2ccc3c(c2)OCO3)SC(=S)N1C(=O)c1ccc(F)cc1. The van der Waals surface area contributed by atoms with Crippen LogP contribution in [0.1, 0.15) is 15.9 Å². The van der Waals surface area contributed by atoms with Crippen LogP contribution in [0.15, 0.2) is 47.4 Å². The van der Waals surface area contributed by atoms with Gasteiger partial charge in [0.25, 0.3) is 11.8 Å². The molecule has 130 valence electrons. The van der Waals surface area contributed by atoms with Crippen molar-refractivity contribution in [1.82, 2.24) is 4.90 Å². The minimum absolute atomic E-state index is 0.135. The van der Waals surface area contributed by atoms with Crippen LogP contribution in [-0.2, 0) is 4.79 Å². The lowest BCUT2D eigenvalue weighted by Crippen LogP contribution is -2.34. The zero-order valence-corrected chi connectivity index (χ0v) is 14.7. The first kappa shape index (κ1) is 16.7. The Morgan fingerprint density at radius 3 is 2.65 bits per heavy atom. The third-order valence-corrected chi connectivity index (χ3v) is 5.08. The number of hydrogen-bond acceptors (Lipinski definition) is 6. The number of halogens is 1. The molecule has 2 aromatic carbocycles. The number of rotatable bonds is 2. The van der Waals surface area contributed by atoms with E-state index in [1.54, 1.807) is 24.3 Å². The number of imide groups is 1. The van der Waals surface area contributed by atoms with Gasteiger partial charge in [0, 0.05) is 5.56 Å². The van der Waals surface area contributed by atoms with Gasteiger partial charge in [-0.2, -0.15) is 0 Å². The van der Waals surface area contributed by atoms with Crippen molar-refractivity contribution in [2.24, 2.45) is 0 Å². The van der Waals surface area contributed by atoms with Crippen LogP contribution in [0.25, 0.3) is 6.08 Å². The second kappa shape index (κ2) is 6.54. The monoisotopic (exact) mass is 387 g/mol. The van der Waals surface area contributed by atoms with Crippen LogP contribution in [0.4, 0.5) is 4.39 Å². The highest BCUT2D eigenvalue weighted by Crippen LogP contribution is 2.36. The molecule has 0 radical (unpaired) electrons. The highest BCUT2D eigenvalue weighted by Gasteiger charge is 2.37. The van der Waals surface area contributed by atoms with Crippen molar-refractivity contribution in [3.8, 4) is 11.5 Å². The Bertz CT molecular complexity index is 972. The predicted octanol–water partition coefficient (Wildman–Crippen LogP) is 3.60. The van der Waals surface area contributed by atoms with Crippen LogP contribution < -0.4 is 9.47 Å². The van der Waals surface area contributed by atoms with Crippen molar-refractivity contribution in [2.45, 2.75) is 0 Å². The van der Waals surface area contributed by atoms with Crippen molar-refractivity contribution in [1.29, 1.82) is 0 Å². The summed E-state index contributed by atoms with van der Waals surface area (Å²) in [5.74, 6) is -0.318. The summed E-state index contributed by atoms with van der Waals surface area (Å²) in [5.41, 5.74) is 0.913. The molecule has 2 heterocycles. The van der Waals surface area contributed by atoms with E-state index in [1.165, 1.54) is 12.1 Å². The van der Waals surface area contributed by atoms with Crippen LogP contribution in [0.3, 0.4) is 0 Å². The molecular formula is C18H10FNO4S2. The van der Waals surface area contributed by atoms with Gasteiger partial charge >= 0.3 is 0 Å². The van der Waals surface area contributed by atoms with Crippen molar-refractivity contribution in [3.63, 3.8) is 0 Å². The Labute approximate surface area is 157 Å². The van der Waals surface area contributed by atoms with Crippen molar-refractivity contribution in [3.05, 3.63) is 64.3 Å². The van der Waals surface area contributed by atoms with Crippen LogP contribution in [0.2, 0.25) is 0 Å². The highest BCUT2D eigenvalue weighted by molar-refractivity contribution is 8.26. The maximum absolute atomic E-state index is 13.0. The first-order chi connectivity index (χ1) is 12.5. The Morgan fingerprint density at radius 1 is 1.15 bits per heavy atom. The Kier molecular flexibility index (Phi) is 4.21. The minimum atomic E-state index is -0.582. The largest absolute Gasteiger partial charge is 0.454 e. The molecule has 2 aliphatic rings. The molecule has 0 saturated carbocycles. The van der Waals surface area contributed by atoms with E-state index in [1.807, 2.05) is 0 Å². The first-order valence-electron chi connectivity index (χ1n) is 7.50. The summed E-state index contributed by atoms with van der Waals surface area (Å²) < 4.78 is 23.7. The van der Waals surface area contributed by atoms with E-state index >= 15 is 0 Å². The molecule has 0 N–H and O–H groups in total. The topological polar surface area (TPSA) is 55.8 Å². The van der Waals surface area contributed by atoms with E-state index in [4.69, 9.17) is 21.7 Å². The standard InChI is InChI=1S/C18H10FNO4S2/c19-12-4-2-11(3-5-12)16(21)20-17(22)15(26-18(20)25)8-10-1-6-13-14(7-10)24-9-23-13/h1-8H,9H2. The molecular weight excluding hydrogens is 377 g/mol. The van der Waals surface area contributed by atoms with Gasteiger partial charge in [-0.1, -0.05) is 30.0 Å². The van der Waals surface area contributed by atoms with Crippen LogP contribution in [-0.4, -0.2) is 27.8 Å². The summed E-state index contributed by atoms with van der Waals surface area (Å²) in [6.45, 7) is 0.160. The van der Waals surface area contributed by atoms with Gasteiger partial charge in [-0.3, -0.25) is 9.59 Å². The Morgan fingerprint density at radius 2 is 1.88 bits per heavy atom. The predicted molar refractivity (Wildman–Crippen MR) is 98.3 cm³/mol. The number of carbonyl (C=O) groups is 2. The number of nitrogens with zero attached hydrogens (tertiary/aromatic N) is 1. The number of thiocarbonyl (C=S) groups is 1. The van der Waals surface area contributed by atoms with Gasteiger partial charge in [-0.15, -0.1) is 0 Å². The maximum atomic E-state index is 13.0. The van der Waals surface area contributed by atoms with Crippen molar-refractivity contribution < 1.29 is 23.5 Å². The third-order valence-electron chi connectivity index (χ3n) is 3.78. The van der Waals surface area contributed by atoms with Gasteiger partial charge in [-0.25, -0.2) is 9.29 Å². The number of hydrogen-bond donors (Lipinski definition) is 0. The molecule has 2 aromatic rings. The molecule has 0 bridgehead atoms. The smallest absolute Gasteiger partial charge is 0.273 e. The van der Waals surface area contributed by atoms with Crippen molar-refractivity contribution in [2.75, 3.05) is 6.79 Å². The normalized spacial score (nSPS) is 17.3. The highest BCUT2D eigenvalue weighted by atomic mass is 32.2. The average Bonchev–Trinajstić information content (AvgIpc) is 3.19. The summed E-state index contributed by atoms with van der Waals surface area (Å²) in [4.78, 5) is 26.4. The number of carbonyl (C=O) groups excluding carboxylic acids is 2. The van der Waals surface area contributed by atoms with Gasteiger partial charge < -0.3 is 9.47 Å². The fourth-order valence-corrected chi connectivity index (χ4v) is 3.77. The Balaban J connectivity index is 1.60. The van der Waals surface area contributed by atoms with Crippen LogP contribution in [0.5, 0.6) is 11.5 Å². The summed E-state index contributed by atoms with van der Waals surface area (Å²) in [7, 11) is 0. The lowest BCUT2D eigenvalue weighted by Gasteiger charge is -2.12. The summed E-state index contributed by atoms with van der Waals surface area (Å²) in [6.07, 6.45) is 1.64. The van der Waals surface area contributed by atoms with Gasteiger partial charge in [0.05, 0.1) is 4.91 Å². The molecule has 0 atom stereocenters. The van der Waals surface area contributed by atoms with E-state index < -0.39 is 17.6 Å². The number of fused-ring (bicyclic) bond motifs is 1. The minimum Gasteiger partial charge on any atom is -0.454 e. The van der Waals surface area contributed by atoms with Crippen molar-refractivity contribution >= 4 is 46.2 Å². The van der Waals surface area contributed by atoms with E-state index in [9.17, 15) is 14.0 Å². The molecule has 0 aliphatic carbocycles. The molecule has 26 heavy (non-hydrogen) atoms. The van der Waals surface area contributed by atoms with E-state index in [0.29, 0.717) is 16.4 Å². The molecule has 1 saturated heterocycles. The fourth-order valence-electron chi connectivity index (χ4n) is 2.52. The molecule has 0 aromatic heterocycles. The van der Waals surface area contributed by atoms with Gasteiger partial charge in [0.15, 0.2) is 15.8 Å². The zero-order chi connectivity index (χ0) is 18.3. The number of ether oxygens (including phenoxy) is 2. The second-order valence-corrected chi connectivity index (χ2v) is 7.12. The Hall–Kier alpha value is -2.71. The van der Waals surface area contributed by atoms with E-state index in [0.717, 1.165) is 34.4 Å². The quantitative estimate of drug-likeness (QED) is 0.446. The third kappa shape index (κ3) is 2.97. The molecule has 1 fully saturated rings. The first-order valence-corrected chi connectivity index (χ1v) is 8.73. The summed E-state index contributed by atoms with van der Waals surface area (Å²) in [6, 6.07) is 10.2. The zero-order valence-electron chi connectivity index (χ0n) is 13.1. The van der Waals surface area contributed by atoms with E-state index in [2.05, 4.69) is 0 Å². The molecule has 4 rings (SSSR count). The van der Waals surface area contributed by atoms with Crippen LogP contribution >= 0.6 is 24.0 Å². The fraction of sp³-hybridized carbons (Fsp3) is 0.0556. The molecule has 2 amide bonds. The summed E-state index contributed by atoms with van der Waals surface area (Å²) in [5, 5.41) is 0. The molecule has 8 heteroatoms. The number of benzene rings is 2. The lowest BCUT2D eigenvalue weighted by molar-refractivity contribution is -0.120. The molecule has 0 spiro atoms. The summed E-state index contributed by atoms with van der Waals surface area (Å²) >= 11 is 6.22. The molecule has 2 aliphatic heterocycles. The number of amides is 2. The van der Waals surface area contributed by atoms with E-state index in [-0.39, 0.29) is 16.7 Å².